The lowest BCUT2D eigenvalue weighted by Crippen LogP contribution is -2.38. The molecular formula is C26H26Cl2F3NO4S. The van der Waals surface area contributed by atoms with E-state index in [0.717, 1.165) is 28.3 Å². The van der Waals surface area contributed by atoms with Crippen LogP contribution in [0, 0.1) is 6.92 Å². The van der Waals surface area contributed by atoms with Crippen LogP contribution in [0.2, 0.25) is 10.0 Å². The highest BCUT2D eigenvalue weighted by molar-refractivity contribution is 7.15. The summed E-state index contributed by atoms with van der Waals surface area (Å²) in [5.74, 6) is -0.970. The Kier molecular flexibility index (Phi) is 9.16. The molecule has 0 aliphatic rings. The first kappa shape index (κ1) is 29.2. The standard InChI is InChI=1S/C26H26Cl2F3NO4S/c1-5-35-19(13-9-15-8-12-18(21(28)20(15)27)36-25(3,4)24(33)34)22-14(2)32-23(37-22)16-6-10-17(11-7-16)26(29,30)31/h6-8,10-12,19H,5,9,13H2,1-4H3,(H,33,34). The number of aliphatic carboxylic acids is 1. The smallest absolute Gasteiger partial charge is 0.416 e. The number of thiazole rings is 1. The maximum atomic E-state index is 12.9. The number of alkyl halides is 3. The summed E-state index contributed by atoms with van der Waals surface area (Å²) in [6.45, 7) is 6.99. The van der Waals surface area contributed by atoms with Gasteiger partial charge in [-0.05, 0) is 64.3 Å². The van der Waals surface area contributed by atoms with Gasteiger partial charge in [-0.15, -0.1) is 11.3 Å². The third-order valence-electron chi connectivity index (χ3n) is 5.63. The SMILES string of the molecule is CCOC(CCc1ccc(OC(C)(C)C(=O)O)c(Cl)c1Cl)c1sc(-c2ccc(C(F)(F)F)cc2)nc1C. The van der Waals surface area contributed by atoms with Crippen molar-refractivity contribution in [3.05, 3.63) is 68.1 Å². The van der Waals surface area contributed by atoms with Crippen molar-refractivity contribution in [2.45, 2.75) is 58.4 Å². The quantitative estimate of drug-likeness (QED) is 0.263. The van der Waals surface area contributed by atoms with Gasteiger partial charge in [-0.3, -0.25) is 0 Å². The number of ether oxygens (including phenoxy) is 2. The van der Waals surface area contributed by atoms with Crippen molar-refractivity contribution in [2.24, 2.45) is 0 Å². The van der Waals surface area contributed by atoms with Gasteiger partial charge in [0.25, 0.3) is 0 Å². The van der Waals surface area contributed by atoms with Gasteiger partial charge in [0.1, 0.15) is 15.8 Å². The Hall–Kier alpha value is -2.33. The normalized spacial score (nSPS) is 13.0. The number of rotatable bonds is 10. The lowest BCUT2D eigenvalue weighted by molar-refractivity contribution is -0.152. The number of carboxylic acids is 1. The summed E-state index contributed by atoms with van der Waals surface area (Å²) < 4.78 is 50.2. The number of nitrogens with zero attached hydrogens (tertiary/aromatic N) is 1. The third-order valence-corrected chi connectivity index (χ3v) is 7.84. The molecule has 0 spiro atoms. The monoisotopic (exact) mass is 575 g/mol. The van der Waals surface area contributed by atoms with E-state index in [2.05, 4.69) is 4.98 Å². The van der Waals surface area contributed by atoms with Gasteiger partial charge < -0.3 is 14.6 Å². The zero-order valence-electron chi connectivity index (χ0n) is 20.6. The van der Waals surface area contributed by atoms with Crippen LogP contribution in [-0.2, 0) is 22.1 Å². The van der Waals surface area contributed by atoms with E-state index in [1.54, 1.807) is 12.1 Å². The fraction of sp³-hybridized carbons (Fsp3) is 0.385. The Morgan fingerprint density at radius 3 is 2.32 bits per heavy atom. The highest BCUT2D eigenvalue weighted by atomic mass is 35.5. The first-order chi connectivity index (χ1) is 17.2. The van der Waals surface area contributed by atoms with Crippen molar-refractivity contribution in [1.82, 2.24) is 4.98 Å². The summed E-state index contributed by atoms with van der Waals surface area (Å²) in [6, 6.07) is 8.24. The van der Waals surface area contributed by atoms with Gasteiger partial charge in [0, 0.05) is 12.2 Å². The Morgan fingerprint density at radius 1 is 1.11 bits per heavy atom. The molecule has 0 saturated heterocycles. The molecule has 0 saturated carbocycles. The molecular weight excluding hydrogens is 550 g/mol. The maximum absolute atomic E-state index is 12.9. The van der Waals surface area contributed by atoms with E-state index in [0.29, 0.717) is 30.0 Å². The number of benzene rings is 2. The van der Waals surface area contributed by atoms with Crippen molar-refractivity contribution >= 4 is 40.5 Å². The number of halogens is 5. The second kappa shape index (κ2) is 11.6. The van der Waals surface area contributed by atoms with E-state index in [-0.39, 0.29) is 21.9 Å². The van der Waals surface area contributed by atoms with E-state index < -0.39 is 23.3 Å². The molecule has 3 aromatic rings. The van der Waals surface area contributed by atoms with Gasteiger partial charge in [0.05, 0.1) is 27.3 Å². The van der Waals surface area contributed by atoms with Crippen LogP contribution in [0.15, 0.2) is 36.4 Å². The average Bonchev–Trinajstić information content (AvgIpc) is 3.21. The second-order valence-electron chi connectivity index (χ2n) is 8.79. The Labute approximate surface area is 227 Å². The molecule has 1 atom stereocenters. The molecule has 1 N–H and O–H groups in total. The molecule has 200 valence electrons. The van der Waals surface area contributed by atoms with Gasteiger partial charge in [-0.1, -0.05) is 41.4 Å². The molecule has 5 nitrogen and oxygen atoms in total. The van der Waals surface area contributed by atoms with Crippen LogP contribution in [0.5, 0.6) is 5.75 Å². The van der Waals surface area contributed by atoms with E-state index in [9.17, 15) is 23.1 Å². The number of carbonyl (C=O) groups is 1. The molecule has 0 amide bonds. The van der Waals surface area contributed by atoms with Gasteiger partial charge in [0.2, 0.25) is 0 Å². The lowest BCUT2D eigenvalue weighted by atomic mass is 10.0. The minimum Gasteiger partial charge on any atom is -0.478 e. The average molecular weight is 576 g/mol. The van der Waals surface area contributed by atoms with Crippen LogP contribution in [0.3, 0.4) is 0 Å². The highest BCUT2D eigenvalue weighted by Gasteiger charge is 2.31. The minimum atomic E-state index is -4.40. The molecule has 0 fully saturated rings. The van der Waals surface area contributed by atoms with Crippen LogP contribution in [-0.4, -0.2) is 28.3 Å². The number of aryl methyl sites for hydroxylation is 2. The molecule has 0 aliphatic heterocycles. The third kappa shape index (κ3) is 6.96. The van der Waals surface area contributed by atoms with Crippen LogP contribution in [0.25, 0.3) is 10.6 Å². The predicted molar refractivity (Wildman–Crippen MR) is 139 cm³/mol. The largest absolute Gasteiger partial charge is 0.478 e. The molecule has 0 radical (unpaired) electrons. The van der Waals surface area contributed by atoms with E-state index >= 15 is 0 Å². The molecule has 3 rings (SSSR count). The second-order valence-corrected chi connectivity index (χ2v) is 10.6. The van der Waals surface area contributed by atoms with Crippen molar-refractivity contribution in [2.75, 3.05) is 6.61 Å². The van der Waals surface area contributed by atoms with Gasteiger partial charge in [-0.2, -0.15) is 13.2 Å². The Balaban J connectivity index is 1.80. The molecule has 1 heterocycles. The summed E-state index contributed by atoms with van der Waals surface area (Å²) in [4.78, 5) is 16.8. The van der Waals surface area contributed by atoms with Crippen LogP contribution in [0.1, 0.15) is 55.0 Å². The van der Waals surface area contributed by atoms with Gasteiger partial charge in [0.15, 0.2) is 5.60 Å². The molecule has 37 heavy (non-hydrogen) atoms. The zero-order chi connectivity index (χ0) is 27.5. The molecule has 0 bridgehead atoms. The number of aromatic nitrogens is 1. The van der Waals surface area contributed by atoms with E-state index in [1.165, 1.54) is 37.3 Å². The van der Waals surface area contributed by atoms with E-state index in [1.807, 2.05) is 13.8 Å². The van der Waals surface area contributed by atoms with Crippen LogP contribution in [0.4, 0.5) is 13.2 Å². The first-order valence-electron chi connectivity index (χ1n) is 11.4. The topological polar surface area (TPSA) is 68.7 Å². The first-order valence-corrected chi connectivity index (χ1v) is 13.0. The fourth-order valence-electron chi connectivity index (χ4n) is 3.57. The minimum absolute atomic E-state index is 0.125. The summed E-state index contributed by atoms with van der Waals surface area (Å²) >= 11 is 14.2. The van der Waals surface area contributed by atoms with Crippen molar-refractivity contribution in [3.8, 4) is 16.3 Å². The highest BCUT2D eigenvalue weighted by Crippen LogP contribution is 2.40. The summed E-state index contributed by atoms with van der Waals surface area (Å²) in [5.41, 5.74) is -0.125. The molecule has 2 aromatic carbocycles. The van der Waals surface area contributed by atoms with Crippen molar-refractivity contribution in [3.63, 3.8) is 0 Å². The zero-order valence-corrected chi connectivity index (χ0v) is 22.9. The van der Waals surface area contributed by atoms with Gasteiger partial charge >= 0.3 is 12.1 Å². The van der Waals surface area contributed by atoms with Crippen molar-refractivity contribution in [1.29, 1.82) is 0 Å². The number of hydrogen-bond acceptors (Lipinski definition) is 5. The molecule has 1 aromatic heterocycles. The fourth-order valence-corrected chi connectivity index (χ4v) is 5.20. The Morgan fingerprint density at radius 2 is 1.76 bits per heavy atom. The summed E-state index contributed by atoms with van der Waals surface area (Å²) in [7, 11) is 0. The van der Waals surface area contributed by atoms with Crippen LogP contribution >= 0.6 is 34.5 Å². The summed E-state index contributed by atoms with van der Waals surface area (Å²) in [6.07, 6.45) is -3.68. The lowest BCUT2D eigenvalue weighted by Gasteiger charge is -2.23. The van der Waals surface area contributed by atoms with Gasteiger partial charge in [-0.25, -0.2) is 9.78 Å². The number of hydrogen-bond donors (Lipinski definition) is 1. The Bertz CT molecular complexity index is 1260. The van der Waals surface area contributed by atoms with Crippen molar-refractivity contribution < 1.29 is 32.5 Å². The van der Waals surface area contributed by atoms with E-state index in [4.69, 9.17) is 32.7 Å². The predicted octanol–water partition coefficient (Wildman–Crippen LogP) is 8.40. The molecule has 1 unspecified atom stereocenters. The van der Waals surface area contributed by atoms with Crippen LogP contribution < -0.4 is 4.74 Å². The molecule has 11 heteroatoms. The maximum Gasteiger partial charge on any atom is 0.416 e. The molecule has 0 aliphatic carbocycles. The summed E-state index contributed by atoms with van der Waals surface area (Å²) in [5, 5.41) is 10.3. The number of carboxylic acid groups (broad SMARTS) is 1.